The van der Waals surface area contributed by atoms with E-state index in [0.29, 0.717) is 23.7 Å². The zero-order chi connectivity index (χ0) is 37.9. The van der Waals surface area contributed by atoms with Crippen molar-refractivity contribution in [1.29, 1.82) is 0 Å². The van der Waals surface area contributed by atoms with Crippen molar-refractivity contribution < 1.29 is 59.6 Å². The van der Waals surface area contributed by atoms with E-state index in [9.17, 15) is 37.2 Å². The van der Waals surface area contributed by atoms with E-state index in [1.54, 1.807) is 9.80 Å². The molecule has 0 saturated carbocycles. The minimum absolute atomic E-state index is 0.157. The van der Waals surface area contributed by atoms with Crippen LogP contribution in [-0.4, -0.2) is 97.6 Å². The van der Waals surface area contributed by atoms with E-state index < -0.39 is 80.3 Å². The van der Waals surface area contributed by atoms with Gasteiger partial charge in [-0.15, -0.1) is 13.2 Å². The number of benzene rings is 2. The van der Waals surface area contributed by atoms with Gasteiger partial charge in [0.05, 0.1) is 43.1 Å². The Morgan fingerprint density at radius 2 is 1.69 bits per heavy atom. The first-order chi connectivity index (χ1) is 24.0. The number of carboxylic acid groups (broad SMARTS) is 1. The summed E-state index contributed by atoms with van der Waals surface area (Å²) in [7, 11) is -4.61. The Morgan fingerprint density at radius 1 is 1.06 bits per heavy atom. The van der Waals surface area contributed by atoms with E-state index in [1.807, 2.05) is 0 Å². The van der Waals surface area contributed by atoms with Crippen LogP contribution in [0.4, 0.5) is 38.1 Å². The van der Waals surface area contributed by atoms with Crippen LogP contribution in [0.3, 0.4) is 0 Å². The van der Waals surface area contributed by atoms with Gasteiger partial charge in [-0.1, -0.05) is 29.8 Å². The summed E-state index contributed by atoms with van der Waals surface area (Å²) in [6, 6.07) is 4.31. The first-order valence-corrected chi connectivity index (χ1v) is 17.0. The van der Waals surface area contributed by atoms with Crippen molar-refractivity contribution in [2.75, 3.05) is 62.7 Å². The molecule has 1 unspecified atom stereocenters. The first kappa shape index (κ1) is 41.4. The number of phosphoric acid groups is 1. The summed E-state index contributed by atoms with van der Waals surface area (Å²) in [5.41, 5.74) is 4.82. The molecule has 4 N–H and O–H groups in total. The summed E-state index contributed by atoms with van der Waals surface area (Å²) in [6.07, 6.45) is -4.71. The van der Waals surface area contributed by atoms with Gasteiger partial charge in [0.15, 0.2) is 11.6 Å². The fraction of sp³-hybridized carbons (Fsp3) is 0.387. The molecule has 1 aliphatic rings. The number of carbonyl (C=O) groups excluding carboxylic acids is 2. The molecule has 1 heterocycles. The Labute approximate surface area is 295 Å². The number of nitrogens with two attached hydrogens (primary N) is 1. The number of alkyl halides is 3. The maximum Gasteiger partial charge on any atom is 0.532 e. The molecular formula is C31H36ClF5N5O8P. The van der Waals surface area contributed by atoms with Crippen LogP contribution < -0.4 is 16.0 Å². The van der Waals surface area contributed by atoms with Crippen molar-refractivity contribution >= 4 is 48.8 Å². The van der Waals surface area contributed by atoms with Crippen LogP contribution in [-0.2, 0) is 29.5 Å². The van der Waals surface area contributed by atoms with E-state index in [1.165, 1.54) is 30.4 Å². The summed E-state index contributed by atoms with van der Waals surface area (Å²) in [6.45, 7) is 5.26. The number of halogens is 6. The zero-order valence-corrected chi connectivity index (χ0v) is 28.7. The maximum absolute atomic E-state index is 15.4. The lowest BCUT2D eigenvalue weighted by Gasteiger charge is -2.37. The topological polar surface area (TPSA) is 164 Å². The number of piperazine rings is 1. The molecule has 13 nitrogen and oxygen atoms in total. The standard InChI is InChI=1S/C31H36ClF5N5O8P/c1-3-15-48-51(47,49-16-4-2)50-29(44)25(18-38)42(30(45)46)19-20-5-7-22(27(34)26(20)33)28(43)39-23-8-6-21(32)17-24(23)41-13-11-40(12-14-41)10-9-31(35,36)37/h3-8,17,25H,1-2,9-16,18-19,38H2,(H,39,43)(H,45,46). The van der Waals surface area contributed by atoms with Crippen molar-refractivity contribution in [2.45, 2.75) is 25.2 Å². The van der Waals surface area contributed by atoms with Crippen molar-refractivity contribution in [3.63, 3.8) is 0 Å². The number of hydrogen-bond donors (Lipinski definition) is 3. The van der Waals surface area contributed by atoms with Crippen LogP contribution in [0.2, 0.25) is 5.02 Å². The van der Waals surface area contributed by atoms with Crippen LogP contribution in [0, 0.1) is 11.6 Å². The summed E-state index contributed by atoms with van der Waals surface area (Å²) in [5.74, 6) is -5.82. The summed E-state index contributed by atoms with van der Waals surface area (Å²) in [5, 5.41) is 12.6. The Hall–Kier alpha value is -4.06. The molecule has 1 atom stereocenters. The highest BCUT2D eigenvalue weighted by Gasteiger charge is 2.38. The highest BCUT2D eigenvalue weighted by atomic mass is 35.5. The van der Waals surface area contributed by atoms with Gasteiger partial charge in [-0.25, -0.2) is 22.9 Å². The summed E-state index contributed by atoms with van der Waals surface area (Å²) < 4.78 is 96.2. The molecule has 1 fully saturated rings. The van der Waals surface area contributed by atoms with Gasteiger partial charge in [-0.05, 0) is 24.3 Å². The molecule has 20 heteroatoms. The summed E-state index contributed by atoms with van der Waals surface area (Å²) in [4.78, 5) is 41.9. The van der Waals surface area contributed by atoms with Crippen LogP contribution in [0.15, 0.2) is 55.6 Å². The number of nitrogens with one attached hydrogen (secondary N) is 1. The van der Waals surface area contributed by atoms with Crippen molar-refractivity contribution in [1.82, 2.24) is 9.80 Å². The molecule has 1 saturated heterocycles. The highest BCUT2D eigenvalue weighted by molar-refractivity contribution is 7.49. The fourth-order valence-corrected chi connectivity index (χ4v) is 6.10. The lowest BCUT2D eigenvalue weighted by Crippen LogP contribution is -2.49. The van der Waals surface area contributed by atoms with E-state index in [0.717, 1.165) is 12.1 Å². The van der Waals surface area contributed by atoms with E-state index >= 15 is 8.78 Å². The number of nitrogens with zero attached hydrogens (tertiary/aromatic N) is 3. The van der Waals surface area contributed by atoms with Gasteiger partial charge in [0, 0.05) is 49.9 Å². The third-order valence-corrected chi connectivity index (χ3v) is 8.97. The van der Waals surface area contributed by atoms with Crippen LogP contribution >= 0.6 is 19.4 Å². The van der Waals surface area contributed by atoms with Gasteiger partial charge in [-0.2, -0.15) is 13.2 Å². The number of anilines is 2. The third-order valence-electron chi connectivity index (χ3n) is 7.40. The quantitative estimate of drug-likeness (QED) is 0.101. The molecule has 51 heavy (non-hydrogen) atoms. The zero-order valence-electron chi connectivity index (χ0n) is 27.0. The minimum Gasteiger partial charge on any atom is -0.465 e. The molecule has 0 aliphatic carbocycles. The average molecular weight is 768 g/mol. The Balaban J connectivity index is 1.78. The Bertz CT molecular complexity index is 1630. The van der Waals surface area contributed by atoms with E-state index in [-0.39, 0.29) is 43.6 Å². The molecule has 0 spiro atoms. The van der Waals surface area contributed by atoms with Crippen molar-refractivity contribution in [2.24, 2.45) is 5.73 Å². The number of rotatable bonds is 17. The van der Waals surface area contributed by atoms with Crippen LogP contribution in [0.1, 0.15) is 22.3 Å². The number of hydrogen-bond acceptors (Lipinski definition) is 10. The van der Waals surface area contributed by atoms with E-state index in [2.05, 4.69) is 18.5 Å². The third kappa shape index (κ3) is 11.7. The molecule has 1 aliphatic heterocycles. The lowest BCUT2D eigenvalue weighted by atomic mass is 10.1. The monoisotopic (exact) mass is 767 g/mol. The summed E-state index contributed by atoms with van der Waals surface area (Å²) >= 11 is 6.17. The fourth-order valence-electron chi connectivity index (χ4n) is 4.84. The molecule has 3 rings (SSSR count). The molecular weight excluding hydrogens is 732 g/mol. The van der Waals surface area contributed by atoms with Gasteiger partial charge in [0.1, 0.15) is 6.04 Å². The second kappa shape index (κ2) is 18.4. The second-order valence-corrected chi connectivity index (χ2v) is 12.9. The lowest BCUT2D eigenvalue weighted by molar-refractivity contribution is -0.141. The highest BCUT2D eigenvalue weighted by Crippen LogP contribution is 2.50. The molecule has 2 aromatic rings. The molecule has 0 radical (unpaired) electrons. The largest absolute Gasteiger partial charge is 0.532 e. The number of amides is 2. The smallest absolute Gasteiger partial charge is 0.465 e. The molecule has 280 valence electrons. The molecule has 2 amide bonds. The van der Waals surface area contributed by atoms with Crippen LogP contribution in [0.5, 0.6) is 0 Å². The minimum atomic E-state index is -4.61. The Kier molecular flexibility index (Phi) is 15.0. The molecule has 0 aromatic heterocycles. The van der Waals surface area contributed by atoms with Crippen molar-refractivity contribution in [3.05, 3.63) is 83.4 Å². The van der Waals surface area contributed by atoms with Gasteiger partial charge in [-0.3, -0.25) is 23.6 Å². The average Bonchev–Trinajstić information content (AvgIpc) is 3.08. The predicted molar refractivity (Wildman–Crippen MR) is 177 cm³/mol. The van der Waals surface area contributed by atoms with Gasteiger partial charge < -0.3 is 25.6 Å². The molecule has 0 bridgehead atoms. The van der Waals surface area contributed by atoms with Gasteiger partial charge >= 0.3 is 26.1 Å². The van der Waals surface area contributed by atoms with Crippen molar-refractivity contribution in [3.8, 4) is 0 Å². The van der Waals surface area contributed by atoms with Crippen LogP contribution in [0.25, 0.3) is 0 Å². The SMILES string of the molecule is C=CCOP(=O)(OCC=C)OC(=O)C(CN)N(Cc1ccc(C(=O)Nc2ccc(Cl)cc2N2CCN(CCC(F)(F)F)CC2)c(F)c1F)C(=O)O. The predicted octanol–water partition coefficient (Wildman–Crippen LogP) is 5.81. The first-order valence-electron chi connectivity index (χ1n) is 15.2. The maximum atomic E-state index is 15.4. The second-order valence-electron chi connectivity index (χ2n) is 10.9. The molecule has 2 aromatic carbocycles. The number of phosphoric ester groups is 1. The van der Waals surface area contributed by atoms with Gasteiger partial charge in [0.25, 0.3) is 5.91 Å². The van der Waals surface area contributed by atoms with E-state index in [4.69, 9.17) is 30.9 Å². The van der Waals surface area contributed by atoms with Gasteiger partial charge in [0.2, 0.25) is 0 Å². The Morgan fingerprint density at radius 3 is 2.24 bits per heavy atom. The normalized spacial score (nSPS) is 14.5. The number of carbonyl (C=O) groups is 3.